The molecule has 0 bridgehead atoms. The average Bonchev–Trinajstić information content (AvgIpc) is 2.47. The van der Waals surface area contributed by atoms with Crippen LogP contribution in [0.2, 0.25) is 5.02 Å². The molecule has 0 radical (unpaired) electrons. The molecule has 1 atom stereocenters. The smallest absolute Gasteiger partial charge is 0.143 e. The van der Waals surface area contributed by atoms with Crippen LogP contribution in [0, 0.1) is 18.6 Å². The van der Waals surface area contributed by atoms with Crippen LogP contribution < -0.4 is 5.32 Å². The fourth-order valence-electron chi connectivity index (χ4n) is 2.23. The zero-order valence-corrected chi connectivity index (χ0v) is 14.0. The lowest BCUT2D eigenvalue weighted by molar-refractivity contribution is 0.512. The molecule has 2 aromatic rings. The van der Waals surface area contributed by atoms with Gasteiger partial charge in [0, 0.05) is 16.6 Å². The van der Waals surface area contributed by atoms with Crippen LogP contribution in [-0.4, -0.2) is 7.05 Å². The van der Waals surface area contributed by atoms with Gasteiger partial charge in [0.25, 0.3) is 0 Å². The molecule has 0 fully saturated rings. The van der Waals surface area contributed by atoms with Gasteiger partial charge in [0.1, 0.15) is 11.6 Å². The maximum absolute atomic E-state index is 14.1. The van der Waals surface area contributed by atoms with Crippen molar-refractivity contribution in [3.8, 4) is 0 Å². The molecule has 0 heterocycles. The maximum Gasteiger partial charge on any atom is 0.143 e. The van der Waals surface area contributed by atoms with Crippen LogP contribution in [0.15, 0.2) is 34.8 Å². The van der Waals surface area contributed by atoms with Gasteiger partial charge in [0.15, 0.2) is 0 Å². The van der Waals surface area contributed by atoms with E-state index < -0.39 is 11.6 Å². The quantitative estimate of drug-likeness (QED) is 0.726. The second-order valence-electron chi connectivity index (χ2n) is 4.88. The molecule has 2 aromatic carbocycles. The van der Waals surface area contributed by atoms with Gasteiger partial charge in [0.2, 0.25) is 0 Å². The van der Waals surface area contributed by atoms with Gasteiger partial charge in [-0.2, -0.15) is 0 Å². The molecule has 112 valence electrons. The highest BCUT2D eigenvalue weighted by Crippen LogP contribution is 2.28. The summed E-state index contributed by atoms with van der Waals surface area (Å²) in [6.07, 6.45) is 0.217. The van der Waals surface area contributed by atoms with Crippen molar-refractivity contribution < 1.29 is 8.78 Å². The second-order valence-corrected chi connectivity index (χ2v) is 6.14. The van der Waals surface area contributed by atoms with E-state index in [0.717, 1.165) is 11.1 Å². The lowest BCUT2D eigenvalue weighted by Crippen LogP contribution is -2.20. The first-order valence-electron chi connectivity index (χ1n) is 6.49. The number of halogens is 4. The highest BCUT2D eigenvalue weighted by atomic mass is 79.9. The minimum absolute atomic E-state index is 0.0660. The number of nitrogens with one attached hydrogen (secondary N) is 1. The zero-order chi connectivity index (χ0) is 15.6. The summed E-state index contributed by atoms with van der Waals surface area (Å²) in [6.45, 7) is 1.90. The first kappa shape index (κ1) is 16.4. The van der Waals surface area contributed by atoms with E-state index in [9.17, 15) is 8.78 Å². The van der Waals surface area contributed by atoms with Crippen molar-refractivity contribution in [2.75, 3.05) is 7.05 Å². The Labute approximate surface area is 136 Å². The topological polar surface area (TPSA) is 12.0 Å². The van der Waals surface area contributed by atoms with Crippen molar-refractivity contribution in [3.05, 3.63) is 68.2 Å². The summed E-state index contributed by atoms with van der Waals surface area (Å²) in [5, 5.41) is 3.77. The van der Waals surface area contributed by atoms with Crippen molar-refractivity contribution in [3.63, 3.8) is 0 Å². The summed E-state index contributed by atoms with van der Waals surface area (Å²) < 4.78 is 28.2. The largest absolute Gasteiger partial charge is 0.313 e. The van der Waals surface area contributed by atoms with Crippen LogP contribution in [0.3, 0.4) is 0 Å². The fourth-order valence-corrected chi connectivity index (χ4v) is 2.72. The van der Waals surface area contributed by atoms with Crippen molar-refractivity contribution in [2.45, 2.75) is 19.4 Å². The Bertz CT molecular complexity index is 661. The summed E-state index contributed by atoms with van der Waals surface area (Å²) in [5.41, 5.74) is 1.94. The second kappa shape index (κ2) is 6.86. The Morgan fingerprint density at radius 2 is 1.95 bits per heavy atom. The first-order chi connectivity index (χ1) is 9.93. The van der Waals surface area contributed by atoms with E-state index in [1.807, 2.05) is 19.1 Å². The van der Waals surface area contributed by atoms with Crippen molar-refractivity contribution in [1.29, 1.82) is 0 Å². The van der Waals surface area contributed by atoms with E-state index in [1.54, 1.807) is 13.1 Å². The van der Waals surface area contributed by atoms with E-state index in [1.165, 1.54) is 12.1 Å². The molecule has 5 heteroatoms. The van der Waals surface area contributed by atoms with E-state index >= 15 is 0 Å². The van der Waals surface area contributed by atoms with Gasteiger partial charge in [0.05, 0.1) is 4.47 Å². The monoisotopic (exact) mass is 373 g/mol. The lowest BCUT2D eigenvalue weighted by atomic mass is 9.97. The highest BCUT2D eigenvalue weighted by molar-refractivity contribution is 9.10. The molecule has 2 rings (SSSR count). The van der Waals surface area contributed by atoms with Gasteiger partial charge in [-0.3, -0.25) is 0 Å². The van der Waals surface area contributed by atoms with Gasteiger partial charge in [-0.05, 0) is 65.6 Å². The summed E-state index contributed by atoms with van der Waals surface area (Å²) >= 11 is 9.10. The highest BCUT2D eigenvalue weighted by Gasteiger charge is 2.18. The van der Waals surface area contributed by atoms with E-state index in [-0.39, 0.29) is 22.5 Å². The van der Waals surface area contributed by atoms with Crippen LogP contribution in [0.1, 0.15) is 22.7 Å². The zero-order valence-electron chi connectivity index (χ0n) is 11.7. The summed E-state index contributed by atoms with van der Waals surface area (Å²) in [7, 11) is 1.77. The van der Waals surface area contributed by atoms with Crippen LogP contribution in [0.5, 0.6) is 0 Å². The summed E-state index contributed by atoms with van der Waals surface area (Å²) in [5.74, 6) is -1.09. The standard InChI is InChI=1S/C16H15BrClF2N/c1-9-7-10(3-5-13(9)18)15(21-2)8-11-14(19)6-4-12(17)16(11)20/h3-7,15,21H,8H2,1-2H3. The van der Waals surface area contributed by atoms with Crippen molar-refractivity contribution in [1.82, 2.24) is 5.32 Å². The number of rotatable bonds is 4. The Kier molecular flexibility index (Phi) is 5.36. The number of hydrogen-bond acceptors (Lipinski definition) is 1. The van der Waals surface area contributed by atoms with Gasteiger partial charge in [-0.1, -0.05) is 23.7 Å². The van der Waals surface area contributed by atoms with Gasteiger partial charge in [-0.25, -0.2) is 8.78 Å². The molecule has 1 unspecified atom stereocenters. The SMILES string of the molecule is CNC(Cc1c(F)ccc(Br)c1F)c1ccc(Cl)c(C)c1. The number of likely N-dealkylation sites (N-methyl/N-ethyl adjacent to an activating group) is 1. The minimum Gasteiger partial charge on any atom is -0.313 e. The predicted octanol–water partition coefficient (Wildman–Crippen LogP) is 5.19. The van der Waals surface area contributed by atoms with Crippen LogP contribution in [0.25, 0.3) is 0 Å². The maximum atomic E-state index is 14.1. The Morgan fingerprint density at radius 1 is 1.24 bits per heavy atom. The lowest BCUT2D eigenvalue weighted by Gasteiger charge is -2.19. The number of aryl methyl sites for hydroxylation is 1. The Hall–Kier alpha value is -0.970. The van der Waals surface area contributed by atoms with E-state index in [0.29, 0.717) is 5.02 Å². The van der Waals surface area contributed by atoms with Gasteiger partial charge < -0.3 is 5.32 Å². The minimum atomic E-state index is -0.555. The van der Waals surface area contributed by atoms with Crippen molar-refractivity contribution >= 4 is 27.5 Å². The molecule has 0 aliphatic carbocycles. The van der Waals surface area contributed by atoms with Crippen LogP contribution >= 0.6 is 27.5 Å². The number of hydrogen-bond donors (Lipinski definition) is 1. The van der Waals surface area contributed by atoms with E-state index in [4.69, 9.17) is 11.6 Å². The summed E-state index contributed by atoms with van der Waals surface area (Å²) in [6, 6.07) is 8.03. The number of benzene rings is 2. The molecule has 0 saturated heterocycles. The normalized spacial score (nSPS) is 12.5. The van der Waals surface area contributed by atoms with Crippen LogP contribution in [0.4, 0.5) is 8.78 Å². The molecule has 0 amide bonds. The third-order valence-corrected chi connectivity index (χ3v) is 4.52. The van der Waals surface area contributed by atoms with Crippen molar-refractivity contribution in [2.24, 2.45) is 0 Å². The molecule has 0 spiro atoms. The molecule has 0 aliphatic heterocycles. The molecular formula is C16H15BrClF2N. The molecule has 1 N–H and O–H groups in total. The molecule has 0 aromatic heterocycles. The molecule has 21 heavy (non-hydrogen) atoms. The molecule has 1 nitrogen and oxygen atoms in total. The molecular weight excluding hydrogens is 360 g/mol. The van der Waals surface area contributed by atoms with E-state index in [2.05, 4.69) is 21.2 Å². The third kappa shape index (κ3) is 3.62. The van der Waals surface area contributed by atoms with Gasteiger partial charge >= 0.3 is 0 Å². The van der Waals surface area contributed by atoms with Crippen LogP contribution in [-0.2, 0) is 6.42 Å². The molecule has 0 aliphatic rings. The van der Waals surface area contributed by atoms with Gasteiger partial charge in [-0.15, -0.1) is 0 Å². The first-order valence-corrected chi connectivity index (χ1v) is 7.66. The predicted molar refractivity (Wildman–Crippen MR) is 85.8 cm³/mol. The fraction of sp³-hybridized carbons (Fsp3) is 0.250. The summed E-state index contributed by atoms with van der Waals surface area (Å²) in [4.78, 5) is 0. The Balaban J connectivity index is 2.35. The average molecular weight is 375 g/mol. The molecule has 0 saturated carbocycles. The third-order valence-electron chi connectivity index (χ3n) is 3.48. The Morgan fingerprint density at radius 3 is 2.57 bits per heavy atom.